The lowest BCUT2D eigenvalue weighted by Gasteiger charge is -2.40. The SMILES string of the molecule is CC1CC2=C(C(=O)c3c(O)cc(O)c(-c4c5c(c(O)c6c(OC7OC(CO)C(O)C(O)C7O)cc(O)cc46)C(C)OC(C)C5O)c3C2=O)C(C)O1. The molecule has 0 saturated carbocycles. The lowest BCUT2D eigenvalue weighted by atomic mass is 9.73. The van der Waals surface area contributed by atoms with Crippen LogP contribution < -0.4 is 4.74 Å². The molecule has 4 aliphatic rings. The van der Waals surface area contributed by atoms with E-state index in [2.05, 4.69) is 0 Å². The van der Waals surface area contributed by atoms with Crippen molar-refractivity contribution in [2.24, 2.45) is 0 Å². The van der Waals surface area contributed by atoms with E-state index in [-0.39, 0.29) is 61.9 Å². The van der Waals surface area contributed by atoms with Crippen LogP contribution in [0.4, 0.5) is 0 Å². The third kappa shape index (κ3) is 5.18. The molecule has 3 aliphatic heterocycles. The van der Waals surface area contributed by atoms with Crippen LogP contribution in [0.15, 0.2) is 29.3 Å². The largest absolute Gasteiger partial charge is 0.508 e. The Balaban J connectivity index is 1.56. The van der Waals surface area contributed by atoms with Gasteiger partial charge in [0, 0.05) is 62.9 Å². The number of ether oxygens (including phenoxy) is 4. The van der Waals surface area contributed by atoms with Gasteiger partial charge in [0.15, 0.2) is 11.6 Å². The van der Waals surface area contributed by atoms with E-state index in [1.165, 1.54) is 6.07 Å². The number of aromatic hydroxyl groups is 4. The summed E-state index contributed by atoms with van der Waals surface area (Å²) in [5.74, 6) is -4.11. The second kappa shape index (κ2) is 12.4. The van der Waals surface area contributed by atoms with Crippen molar-refractivity contribution in [3.05, 3.63) is 51.6 Å². The third-order valence-corrected chi connectivity index (χ3v) is 10.2. The Bertz CT molecular complexity index is 2020. The first kappa shape index (κ1) is 35.1. The predicted octanol–water partition coefficient (Wildman–Crippen LogP) is 1.89. The standard InChI is InChI=1S/C36H38O15/c1-10-5-16-21(11(2)48-10)32(44)26-18(40)8-17(39)25(28(26)30(16)42)24-15-6-14(38)7-19(50-36-35(47)34(46)31(43)20(9-37)51-36)23(15)33(45)22-12(3)49-13(4)29(41)27(22)24/h6-8,10-13,20,29,31,34-41,43,45-47H,5,9H2,1-4H3. The fourth-order valence-electron chi connectivity index (χ4n) is 7.95. The van der Waals surface area contributed by atoms with Crippen molar-refractivity contribution in [1.82, 2.24) is 0 Å². The number of phenolic OH excluding ortho intramolecular Hbond substituents is 4. The molecule has 7 rings (SSSR count). The minimum Gasteiger partial charge on any atom is -0.508 e. The fraction of sp³-hybridized carbons (Fsp3) is 0.444. The Labute approximate surface area is 290 Å². The molecule has 1 fully saturated rings. The first-order valence-electron chi connectivity index (χ1n) is 16.5. The number of aliphatic hydroxyl groups is 5. The Hall–Kier alpha value is -4.32. The van der Waals surface area contributed by atoms with Gasteiger partial charge in [0.25, 0.3) is 0 Å². The summed E-state index contributed by atoms with van der Waals surface area (Å²) in [6, 6.07) is 3.11. The summed E-state index contributed by atoms with van der Waals surface area (Å²) in [4.78, 5) is 28.6. The first-order chi connectivity index (χ1) is 24.1. The molecule has 3 aromatic carbocycles. The fourth-order valence-corrected chi connectivity index (χ4v) is 7.95. The van der Waals surface area contributed by atoms with Gasteiger partial charge in [-0.1, -0.05) is 0 Å². The molecule has 0 aromatic heterocycles. The van der Waals surface area contributed by atoms with Crippen LogP contribution in [0.1, 0.15) is 78.2 Å². The summed E-state index contributed by atoms with van der Waals surface area (Å²) < 4.78 is 23.2. The van der Waals surface area contributed by atoms with E-state index in [1.54, 1.807) is 27.7 Å². The molecule has 3 heterocycles. The molecule has 1 saturated heterocycles. The number of benzene rings is 3. The molecule has 9 N–H and O–H groups in total. The third-order valence-electron chi connectivity index (χ3n) is 10.2. The van der Waals surface area contributed by atoms with Crippen molar-refractivity contribution in [3.8, 4) is 39.9 Å². The molecule has 15 heteroatoms. The lowest BCUT2D eigenvalue weighted by Crippen LogP contribution is -2.60. The highest BCUT2D eigenvalue weighted by atomic mass is 16.7. The van der Waals surface area contributed by atoms with Crippen LogP contribution in [0, 0.1) is 0 Å². The zero-order valence-corrected chi connectivity index (χ0v) is 27.9. The number of rotatable bonds is 4. The maximum atomic E-state index is 14.5. The first-order valence-corrected chi connectivity index (χ1v) is 16.5. The Morgan fingerprint density at radius 3 is 2.12 bits per heavy atom. The van der Waals surface area contributed by atoms with Crippen molar-refractivity contribution in [2.45, 2.75) is 95.3 Å². The molecule has 0 amide bonds. The van der Waals surface area contributed by atoms with Gasteiger partial charge in [0.05, 0.1) is 42.0 Å². The summed E-state index contributed by atoms with van der Waals surface area (Å²) >= 11 is 0. The second-order valence-electron chi connectivity index (χ2n) is 13.5. The van der Waals surface area contributed by atoms with Crippen molar-refractivity contribution in [2.75, 3.05) is 6.61 Å². The van der Waals surface area contributed by atoms with Gasteiger partial charge < -0.3 is 64.9 Å². The molecule has 10 atom stereocenters. The molecule has 3 aromatic rings. The Kier molecular flexibility index (Phi) is 8.55. The van der Waals surface area contributed by atoms with Gasteiger partial charge in [-0.15, -0.1) is 0 Å². The van der Waals surface area contributed by atoms with Crippen LogP contribution >= 0.6 is 0 Å². The highest BCUT2D eigenvalue weighted by molar-refractivity contribution is 6.31. The van der Waals surface area contributed by atoms with Gasteiger partial charge >= 0.3 is 0 Å². The summed E-state index contributed by atoms with van der Waals surface area (Å²) in [5.41, 5.74) is -0.984. The number of ketones is 2. The average molecular weight is 711 g/mol. The zero-order chi connectivity index (χ0) is 37.0. The Morgan fingerprint density at radius 2 is 1.43 bits per heavy atom. The smallest absolute Gasteiger partial charge is 0.229 e. The number of phenols is 4. The second-order valence-corrected chi connectivity index (χ2v) is 13.5. The molecular weight excluding hydrogens is 672 g/mol. The van der Waals surface area contributed by atoms with E-state index in [9.17, 15) is 55.5 Å². The number of hydrogen-bond donors (Lipinski definition) is 9. The van der Waals surface area contributed by atoms with Crippen LogP contribution in [0.2, 0.25) is 0 Å². The Morgan fingerprint density at radius 1 is 0.745 bits per heavy atom. The van der Waals surface area contributed by atoms with Gasteiger partial charge in [0.1, 0.15) is 59.3 Å². The van der Waals surface area contributed by atoms with Crippen LogP contribution in [-0.4, -0.2) is 113 Å². The predicted molar refractivity (Wildman–Crippen MR) is 175 cm³/mol. The van der Waals surface area contributed by atoms with Gasteiger partial charge in [-0.2, -0.15) is 0 Å². The average Bonchev–Trinajstić information content (AvgIpc) is 3.05. The van der Waals surface area contributed by atoms with E-state index < -0.39 is 108 Å². The lowest BCUT2D eigenvalue weighted by molar-refractivity contribution is -0.277. The number of aliphatic hydroxyl groups excluding tert-OH is 5. The molecule has 0 bridgehead atoms. The van der Waals surface area contributed by atoms with Crippen LogP contribution in [-0.2, 0) is 14.2 Å². The molecule has 51 heavy (non-hydrogen) atoms. The van der Waals surface area contributed by atoms with Gasteiger partial charge in [-0.05, 0) is 33.8 Å². The highest BCUT2D eigenvalue weighted by Gasteiger charge is 2.47. The van der Waals surface area contributed by atoms with Gasteiger partial charge in [-0.3, -0.25) is 9.59 Å². The molecular formula is C36H38O15. The minimum absolute atomic E-state index is 0.00327. The van der Waals surface area contributed by atoms with Crippen molar-refractivity contribution in [1.29, 1.82) is 0 Å². The number of hydrogen-bond acceptors (Lipinski definition) is 15. The number of fused-ring (bicyclic) bond motifs is 3. The quantitative estimate of drug-likeness (QED) is 0.187. The van der Waals surface area contributed by atoms with Crippen molar-refractivity contribution < 1.29 is 74.5 Å². The maximum Gasteiger partial charge on any atom is 0.229 e. The van der Waals surface area contributed by atoms with Gasteiger partial charge in [-0.25, -0.2) is 0 Å². The molecule has 1 aliphatic carbocycles. The van der Waals surface area contributed by atoms with E-state index in [0.29, 0.717) is 0 Å². The minimum atomic E-state index is -1.88. The van der Waals surface area contributed by atoms with E-state index in [0.717, 1.165) is 12.1 Å². The number of carbonyl (C=O) groups excluding carboxylic acids is 2. The molecule has 0 spiro atoms. The van der Waals surface area contributed by atoms with E-state index in [1.807, 2.05) is 0 Å². The normalized spacial score (nSPS) is 32.1. The number of carbonyl (C=O) groups is 2. The van der Waals surface area contributed by atoms with Crippen LogP contribution in [0.3, 0.4) is 0 Å². The van der Waals surface area contributed by atoms with E-state index in [4.69, 9.17) is 18.9 Å². The highest BCUT2D eigenvalue weighted by Crippen LogP contribution is 2.57. The topological polar surface area (TPSA) is 253 Å². The summed E-state index contributed by atoms with van der Waals surface area (Å²) in [6.45, 7) is 5.73. The maximum absolute atomic E-state index is 14.5. The molecule has 10 unspecified atom stereocenters. The van der Waals surface area contributed by atoms with E-state index >= 15 is 0 Å². The monoisotopic (exact) mass is 710 g/mol. The molecule has 272 valence electrons. The molecule has 15 nitrogen and oxygen atoms in total. The number of Topliss-reactive ketones (excluding diaryl/α,β-unsaturated/α-hetero) is 2. The zero-order valence-electron chi connectivity index (χ0n) is 27.9. The summed E-state index contributed by atoms with van der Waals surface area (Å²) in [5, 5.41) is 98.2. The van der Waals surface area contributed by atoms with Gasteiger partial charge in [0.2, 0.25) is 6.29 Å². The molecule has 0 radical (unpaired) electrons. The van der Waals surface area contributed by atoms with Crippen molar-refractivity contribution >= 4 is 22.3 Å². The van der Waals surface area contributed by atoms with Crippen LogP contribution in [0.25, 0.3) is 21.9 Å². The van der Waals surface area contributed by atoms with Crippen LogP contribution in [0.5, 0.6) is 28.7 Å². The van der Waals surface area contributed by atoms with Crippen molar-refractivity contribution in [3.63, 3.8) is 0 Å². The summed E-state index contributed by atoms with van der Waals surface area (Å²) in [6.07, 6.45) is -13.1. The summed E-state index contributed by atoms with van der Waals surface area (Å²) in [7, 11) is 0.